The second-order valence-corrected chi connectivity index (χ2v) is 3.41. The molecule has 0 amide bonds. The van der Waals surface area contributed by atoms with Crippen LogP contribution in [-0.4, -0.2) is 16.8 Å². The number of ketones is 1. The van der Waals surface area contributed by atoms with Crippen molar-refractivity contribution in [3.8, 4) is 0 Å². The molecule has 0 aliphatic carbocycles. The Morgan fingerprint density at radius 3 is 2.62 bits per heavy atom. The minimum absolute atomic E-state index is 0.136. The first-order valence-electron chi connectivity index (χ1n) is 4.02. The molecule has 2 nitrogen and oxygen atoms in total. The summed E-state index contributed by atoms with van der Waals surface area (Å²) in [6.45, 7) is 0.737. The molecule has 1 aromatic rings. The number of rotatable bonds is 5. The normalized spacial score (nSPS) is 9.92. The minimum Gasteiger partial charge on any atom is -0.369 e. The van der Waals surface area contributed by atoms with E-state index < -0.39 is 0 Å². The third kappa shape index (κ3) is 4.38. The third-order valence-corrected chi connectivity index (χ3v) is 2.37. The van der Waals surface area contributed by atoms with Gasteiger partial charge in [0.15, 0.2) is 5.78 Å². The fraction of sp³-hybridized carbons (Fsp3) is 0.300. The van der Waals surface area contributed by atoms with Crippen LogP contribution in [-0.2, 0) is 16.1 Å². The van der Waals surface area contributed by atoms with Crippen LogP contribution in [0.1, 0.15) is 5.56 Å². The molecule has 70 valence electrons. The van der Waals surface area contributed by atoms with Gasteiger partial charge in [-0.3, -0.25) is 4.79 Å². The second kappa shape index (κ2) is 6.10. The fourth-order valence-electron chi connectivity index (χ4n) is 0.896. The predicted molar refractivity (Wildman–Crippen MR) is 60.0 cm³/mol. The van der Waals surface area contributed by atoms with Crippen molar-refractivity contribution in [2.75, 3.05) is 11.0 Å². The molecule has 0 saturated carbocycles. The molecule has 1 rings (SSSR count). The van der Waals surface area contributed by atoms with E-state index in [1.165, 1.54) is 0 Å². The van der Waals surface area contributed by atoms with E-state index >= 15 is 0 Å². The Balaban J connectivity index is 2.24. The lowest BCUT2D eigenvalue weighted by atomic mass is 10.2. The van der Waals surface area contributed by atoms with Gasteiger partial charge in [0, 0.05) is 0 Å². The summed E-state index contributed by atoms with van der Waals surface area (Å²) in [5.41, 5.74) is 1.10. The van der Waals surface area contributed by atoms with E-state index in [2.05, 4.69) is 0 Å². The first-order chi connectivity index (χ1) is 6.33. The number of Topliss-reactive ketones (excluding diaryl/α,β-unsaturated/α-hetero) is 1. The van der Waals surface area contributed by atoms with Gasteiger partial charge in [-0.05, 0) is 5.56 Å². The van der Waals surface area contributed by atoms with Gasteiger partial charge in [0.05, 0.1) is 11.0 Å². The molecule has 0 saturated heterocycles. The number of hydrogen-bond donors (Lipinski definition) is 0. The molecule has 0 unspecified atom stereocenters. The highest BCUT2D eigenvalue weighted by molar-refractivity contribution is 14.1. The van der Waals surface area contributed by atoms with Crippen LogP contribution >= 0.6 is 22.6 Å². The van der Waals surface area contributed by atoms with Crippen molar-refractivity contribution in [2.45, 2.75) is 6.61 Å². The van der Waals surface area contributed by atoms with E-state index in [-0.39, 0.29) is 12.4 Å². The summed E-state index contributed by atoms with van der Waals surface area (Å²) >= 11 is 2.04. The van der Waals surface area contributed by atoms with Gasteiger partial charge < -0.3 is 4.74 Å². The van der Waals surface area contributed by atoms with Crippen LogP contribution in [0.15, 0.2) is 30.3 Å². The Kier molecular flexibility index (Phi) is 5.00. The summed E-state index contributed by atoms with van der Waals surface area (Å²) in [4.78, 5) is 10.9. The molecule has 0 aromatic heterocycles. The summed E-state index contributed by atoms with van der Waals surface area (Å²) in [5, 5.41) is 0. The first kappa shape index (κ1) is 10.7. The van der Waals surface area contributed by atoms with Gasteiger partial charge >= 0.3 is 0 Å². The van der Waals surface area contributed by atoms with Crippen molar-refractivity contribution in [1.82, 2.24) is 0 Å². The van der Waals surface area contributed by atoms with E-state index in [4.69, 9.17) is 4.74 Å². The maximum Gasteiger partial charge on any atom is 0.168 e. The molecule has 0 fully saturated rings. The van der Waals surface area contributed by atoms with Gasteiger partial charge in [0.1, 0.15) is 6.61 Å². The van der Waals surface area contributed by atoms with Crippen LogP contribution in [0.2, 0.25) is 0 Å². The SMILES string of the molecule is O=C(CI)COCc1ccccc1. The number of alkyl halides is 1. The van der Waals surface area contributed by atoms with Crippen molar-refractivity contribution >= 4 is 28.4 Å². The molecule has 0 aliphatic rings. The van der Waals surface area contributed by atoms with Gasteiger partial charge in [-0.2, -0.15) is 0 Å². The van der Waals surface area contributed by atoms with Crippen molar-refractivity contribution in [1.29, 1.82) is 0 Å². The lowest BCUT2D eigenvalue weighted by Gasteiger charge is -2.01. The van der Waals surface area contributed by atoms with Gasteiger partial charge in [-0.25, -0.2) is 0 Å². The van der Waals surface area contributed by atoms with Gasteiger partial charge in [-0.15, -0.1) is 0 Å². The van der Waals surface area contributed by atoms with Crippen molar-refractivity contribution < 1.29 is 9.53 Å². The van der Waals surface area contributed by atoms with Crippen molar-refractivity contribution in [3.63, 3.8) is 0 Å². The number of halogens is 1. The molecule has 0 spiro atoms. The molecule has 0 N–H and O–H groups in total. The average molecular weight is 290 g/mol. The smallest absolute Gasteiger partial charge is 0.168 e. The minimum atomic E-state index is 0.136. The van der Waals surface area contributed by atoms with Gasteiger partial charge in [0.25, 0.3) is 0 Å². The zero-order valence-electron chi connectivity index (χ0n) is 7.20. The lowest BCUT2D eigenvalue weighted by Crippen LogP contribution is -2.09. The Hall–Kier alpha value is -0.420. The summed E-state index contributed by atoms with van der Waals surface area (Å²) in [5.74, 6) is 0.136. The summed E-state index contributed by atoms with van der Waals surface area (Å²) in [6.07, 6.45) is 0. The lowest BCUT2D eigenvalue weighted by molar-refractivity contribution is -0.121. The molecule has 0 bridgehead atoms. The van der Waals surface area contributed by atoms with E-state index in [1.54, 1.807) is 0 Å². The number of ether oxygens (including phenoxy) is 1. The number of carbonyl (C=O) groups excluding carboxylic acids is 1. The maximum atomic E-state index is 10.9. The first-order valence-corrected chi connectivity index (χ1v) is 5.55. The Morgan fingerprint density at radius 1 is 1.31 bits per heavy atom. The van der Waals surface area contributed by atoms with Gasteiger partial charge in [-0.1, -0.05) is 52.9 Å². The molecule has 0 radical (unpaired) electrons. The quantitative estimate of drug-likeness (QED) is 0.614. The van der Waals surface area contributed by atoms with E-state index in [1.807, 2.05) is 52.9 Å². The molecule has 0 atom stereocenters. The van der Waals surface area contributed by atoms with Crippen molar-refractivity contribution in [3.05, 3.63) is 35.9 Å². The van der Waals surface area contributed by atoms with Crippen molar-refractivity contribution in [2.24, 2.45) is 0 Å². The van der Waals surface area contributed by atoms with Crippen LogP contribution in [0.25, 0.3) is 0 Å². The highest BCUT2D eigenvalue weighted by Gasteiger charge is 1.98. The standard InChI is InChI=1S/C10H11IO2/c11-6-10(12)8-13-7-9-4-2-1-3-5-9/h1-5H,6-8H2. The van der Waals surface area contributed by atoms with Crippen LogP contribution in [0.3, 0.4) is 0 Å². The maximum absolute atomic E-state index is 10.9. The molecular formula is C10H11IO2. The van der Waals surface area contributed by atoms with Crippen LogP contribution < -0.4 is 0 Å². The molecular weight excluding hydrogens is 279 g/mol. The van der Waals surface area contributed by atoms with E-state index in [9.17, 15) is 4.79 Å². The molecule has 1 aromatic carbocycles. The number of benzene rings is 1. The Morgan fingerprint density at radius 2 is 2.00 bits per heavy atom. The average Bonchev–Trinajstić information content (AvgIpc) is 2.19. The largest absolute Gasteiger partial charge is 0.369 e. The Labute approximate surface area is 91.4 Å². The summed E-state index contributed by atoms with van der Waals surface area (Å²) in [7, 11) is 0. The topological polar surface area (TPSA) is 26.3 Å². The monoisotopic (exact) mass is 290 g/mol. The zero-order valence-corrected chi connectivity index (χ0v) is 9.36. The summed E-state index contributed by atoms with van der Waals surface area (Å²) < 4.78 is 5.74. The van der Waals surface area contributed by atoms with Crippen LogP contribution in [0.4, 0.5) is 0 Å². The van der Waals surface area contributed by atoms with Crippen LogP contribution in [0.5, 0.6) is 0 Å². The highest BCUT2D eigenvalue weighted by Crippen LogP contribution is 2.00. The highest BCUT2D eigenvalue weighted by atomic mass is 127. The Bertz CT molecular complexity index is 259. The van der Waals surface area contributed by atoms with Gasteiger partial charge in [0.2, 0.25) is 0 Å². The van der Waals surface area contributed by atoms with E-state index in [0.717, 1.165) is 5.56 Å². The van der Waals surface area contributed by atoms with Crippen LogP contribution in [0, 0.1) is 0 Å². The molecule has 13 heavy (non-hydrogen) atoms. The summed E-state index contributed by atoms with van der Waals surface area (Å²) in [6, 6.07) is 9.83. The third-order valence-electron chi connectivity index (χ3n) is 1.52. The molecule has 0 aliphatic heterocycles. The fourth-order valence-corrected chi connectivity index (χ4v) is 1.12. The number of hydrogen-bond acceptors (Lipinski definition) is 2. The zero-order chi connectivity index (χ0) is 9.52. The molecule has 0 heterocycles. The second-order valence-electron chi connectivity index (χ2n) is 2.65. The molecule has 3 heteroatoms. The van der Waals surface area contributed by atoms with E-state index in [0.29, 0.717) is 11.0 Å². The predicted octanol–water partition coefficient (Wildman–Crippen LogP) is 2.21. The number of carbonyl (C=O) groups is 1.